The Balaban J connectivity index is 1.98. The normalized spacial score (nSPS) is 18.7. The molecule has 0 radical (unpaired) electrons. The summed E-state index contributed by atoms with van der Waals surface area (Å²) in [5.41, 5.74) is 6.44. The van der Waals surface area contributed by atoms with E-state index >= 15 is 0 Å². The molecule has 1 aromatic heterocycles. The lowest BCUT2D eigenvalue weighted by molar-refractivity contribution is -0.144. The molecule has 2 heterocycles. The largest absolute Gasteiger partial charge is 0.451 e. The molecule has 1 aliphatic rings. The minimum absolute atomic E-state index is 0.0221. The van der Waals surface area contributed by atoms with Gasteiger partial charge in [-0.25, -0.2) is 0 Å². The lowest BCUT2D eigenvalue weighted by Crippen LogP contribution is -2.27. The zero-order chi connectivity index (χ0) is 15.7. The Hall–Kier alpha value is -2.38. The van der Waals surface area contributed by atoms with Crippen LogP contribution in [0.15, 0.2) is 30.3 Å². The highest BCUT2D eigenvalue weighted by atomic mass is 19.4. The number of hydrogen-bond donors (Lipinski definition) is 1. The molecule has 1 unspecified atom stereocenters. The standard InChI is InChI=1S/C14H14F3N5/c15-14(16,17)11-19-12(18)21-13(20-11)22-8-4-7-10(22)9-5-2-1-3-6-9/h1-3,5-6,10H,4,7-8H2,(H2,18,19,20,21). The number of alkyl halides is 3. The van der Waals surface area contributed by atoms with Crippen molar-refractivity contribution in [1.29, 1.82) is 0 Å². The van der Waals surface area contributed by atoms with Crippen LogP contribution >= 0.6 is 0 Å². The number of halogens is 3. The second-order valence-corrected chi connectivity index (χ2v) is 5.08. The Kier molecular flexibility index (Phi) is 3.59. The topological polar surface area (TPSA) is 67.9 Å². The Morgan fingerprint density at radius 3 is 2.50 bits per heavy atom. The average molecular weight is 309 g/mol. The predicted octanol–water partition coefficient (Wildman–Crippen LogP) is 2.81. The van der Waals surface area contributed by atoms with E-state index in [9.17, 15) is 13.2 Å². The van der Waals surface area contributed by atoms with Gasteiger partial charge in [-0.05, 0) is 18.4 Å². The number of nitrogen functional groups attached to an aromatic ring is 1. The van der Waals surface area contributed by atoms with E-state index in [0.717, 1.165) is 18.4 Å². The quantitative estimate of drug-likeness (QED) is 0.924. The second-order valence-electron chi connectivity index (χ2n) is 5.08. The minimum atomic E-state index is -4.65. The predicted molar refractivity (Wildman–Crippen MR) is 75.0 cm³/mol. The maximum atomic E-state index is 12.8. The van der Waals surface area contributed by atoms with E-state index in [1.54, 1.807) is 4.90 Å². The van der Waals surface area contributed by atoms with Gasteiger partial charge in [0.2, 0.25) is 17.7 Å². The Morgan fingerprint density at radius 2 is 1.82 bits per heavy atom. The fraction of sp³-hybridized carbons (Fsp3) is 0.357. The van der Waals surface area contributed by atoms with E-state index in [-0.39, 0.29) is 12.0 Å². The molecule has 1 fully saturated rings. The van der Waals surface area contributed by atoms with Gasteiger partial charge >= 0.3 is 6.18 Å². The van der Waals surface area contributed by atoms with Crippen molar-refractivity contribution >= 4 is 11.9 Å². The molecule has 0 aliphatic carbocycles. The van der Waals surface area contributed by atoms with Gasteiger partial charge in [0.1, 0.15) is 0 Å². The summed E-state index contributed by atoms with van der Waals surface area (Å²) >= 11 is 0. The van der Waals surface area contributed by atoms with Crippen molar-refractivity contribution < 1.29 is 13.2 Å². The maximum absolute atomic E-state index is 12.8. The molecule has 8 heteroatoms. The van der Waals surface area contributed by atoms with Gasteiger partial charge in [-0.2, -0.15) is 28.1 Å². The SMILES string of the molecule is Nc1nc(N2CCCC2c2ccccc2)nc(C(F)(F)F)n1. The number of aromatic nitrogens is 3. The third-order valence-corrected chi connectivity index (χ3v) is 3.59. The molecule has 2 N–H and O–H groups in total. The lowest BCUT2D eigenvalue weighted by atomic mass is 10.1. The fourth-order valence-corrected chi connectivity index (χ4v) is 2.66. The molecule has 1 aliphatic heterocycles. The fourth-order valence-electron chi connectivity index (χ4n) is 2.66. The summed E-state index contributed by atoms with van der Waals surface area (Å²) in [4.78, 5) is 12.4. The summed E-state index contributed by atoms with van der Waals surface area (Å²) in [6.07, 6.45) is -2.96. The third kappa shape index (κ3) is 2.81. The van der Waals surface area contributed by atoms with E-state index in [1.165, 1.54) is 0 Å². The van der Waals surface area contributed by atoms with Gasteiger partial charge in [-0.1, -0.05) is 30.3 Å². The zero-order valence-electron chi connectivity index (χ0n) is 11.6. The van der Waals surface area contributed by atoms with Crippen LogP contribution in [-0.2, 0) is 6.18 Å². The monoisotopic (exact) mass is 309 g/mol. The van der Waals surface area contributed by atoms with E-state index in [4.69, 9.17) is 5.73 Å². The number of hydrogen-bond acceptors (Lipinski definition) is 5. The van der Waals surface area contributed by atoms with E-state index in [2.05, 4.69) is 15.0 Å². The van der Waals surface area contributed by atoms with E-state index < -0.39 is 17.9 Å². The van der Waals surface area contributed by atoms with Crippen molar-refractivity contribution in [3.05, 3.63) is 41.7 Å². The summed E-state index contributed by atoms with van der Waals surface area (Å²) in [6, 6.07) is 9.52. The van der Waals surface area contributed by atoms with Crippen LogP contribution in [-0.4, -0.2) is 21.5 Å². The van der Waals surface area contributed by atoms with Crippen LogP contribution in [0.2, 0.25) is 0 Å². The van der Waals surface area contributed by atoms with Gasteiger partial charge in [0.25, 0.3) is 0 Å². The molecule has 2 aromatic rings. The number of benzene rings is 1. The van der Waals surface area contributed by atoms with Gasteiger partial charge in [0.15, 0.2) is 0 Å². The minimum Gasteiger partial charge on any atom is -0.368 e. The van der Waals surface area contributed by atoms with Crippen LogP contribution in [0.5, 0.6) is 0 Å². The molecule has 0 amide bonds. The van der Waals surface area contributed by atoms with Crippen LogP contribution in [0.3, 0.4) is 0 Å². The summed E-state index contributed by atoms with van der Waals surface area (Å²) in [7, 11) is 0. The van der Waals surface area contributed by atoms with E-state index in [0.29, 0.717) is 6.54 Å². The number of anilines is 2. The van der Waals surface area contributed by atoms with Crippen molar-refractivity contribution in [1.82, 2.24) is 15.0 Å². The third-order valence-electron chi connectivity index (χ3n) is 3.59. The van der Waals surface area contributed by atoms with Gasteiger partial charge in [0.05, 0.1) is 6.04 Å². The number of rotatable bonds is 2. The van der Waals surface area contributed by atoms with Crippen LogP contribution in [0.4, 0.5) is 25.1 Å². The second kappa shape index (κ2) is 5.43. The first kappa shape index (κ1) is 14.6. The Labute approximate surface area is 125 Å². The van der Waals surface area contributed by atoms with Crippen molar-refractivity contribution in [3.63, 3.8) is 0 Å². The molecular weight excluding hydrogens is 295 g/mol. The molecule has 0 bridgehead atoms. The van der Waals surface area contributed by atoms with E-state index in [1.807, 2.05) is 30.3 Å². The first-order chi connectivity index (χ1) is 10.4. The highest BCUT2D eigenvalue weighted by Gasteiger charge is 2.37. The number of nitrogens with zero attached hydrogens (tertiary/aromatic N) is 4. The summed E-state index contributed by atoms with van der Waals surface area (Å²) < 4.78 is 38.5. The van der Waals surface area contributed by atoms with Crippen molar-refractivity contribution in [3.8, 4) is 0 Å². The molecule has 1 aromatic carbocycles. The summed E-state index contributed by atoms with van der Waals surface area (Å²) in [5, 5.41) is 0. The molecular formula is C14H14F3N5. The molecule has 1 saturated heterocycles. The van der Waals surface area contributed by atoms with Crippen molar-refractivity contribution in [2.75, 3.05) is 17.2 Å². The van der Waals surface area contributed by atoms with Gasteiger partial charge in [-0.3, -0.25) is 0 Å². The Morgan fingerprint density at radius 1 is 1.09 bits per heavy atom. The van der Waals surface area contributed by atoms with Crippen LogP contribution in [0.25, 0.3) is 0 Å². The number of nitrogens with two attached hydrogens (primary N) is 1. The van der Waals surface area contributed by atoms with Gasteiger partial charge in [0, 0.05) is 6.54 Å². The first-order valence-electron chi connectivity index (χ1n) is 6.85. The highest BCUT2D eigenvalue weighted by Crippen LogP contribution is 2.35. The summed E-state index contributed by atoms with van der Waals surface area (Å²) in [5.74, 6) is -1.70. The van der Waals surface area contributed by atoms with Crippen LogP contribution < -0.4 is 10.6 Å². The maximum Gasteiger partial charge on any atom is 0.451 e. The zero-order valence-corrected chi connectivity index (χ0v) is 11.6. The van der Waals surface area contributed by atoms with Crippen molar-refractivity contribution in [2.24, 2.45) is 0 Å². The molecule has 22 heavy (non-hydrogen) atoms. The molecule has 5 nitrogen and oxygen atoms in total. The molecule has 116 valence electrons. The van der Waals surface area contributed by atoms with Crippen molar-refractivity contribution in [2.45, 2.75) is 25.1 Å². The van der Waals surface area contributed by atoms with Gasteiger partial charge in [-0.15, -0.1) is 0 Å². The molecule has 0 saturated carbocycles. The van der Waals surface area contributed by atoms with Crippen LogP contribution in [0, 0.1) is 0 Å². The molecule has 0 spiro atoms. The Bertz CT molecular complexity index is 659. The smallest absolute Gasteiger partial charge is 0.368 e. The first-order valence-corrected chi connectivity index (χ1v) is 6.85. The highest BCUT2D eigenvalue weighted by molar-refractivity contribution is 5.41. The molecule has 3 rings (SSSR count). The molecule has 1 atom stereocenters. The lowest BCUT2D eigenvalue weighted by Gasteiger charge is -2.25. The average Bonchev–Trinajstić information content (AvgIpc) is 2.96. The van der Waals surface area contributed by atoms with Crippen LogP contribution in [0.1, 0.15) is 30.3 Å². The summed E-state index contributed by atoms with van der Waals surface area (Å²) in [6.45, 7) is 0.584. The van der Waals surface area contributed by atoms with Gasteiger partial charge < -0.3 is 10.6 Å².